The number of halogens is 1. The van der Waals surface area contributed by atoms with Crippen molar-refractivity contribution >= 4 is 5.78 Å². The number of aryl methyl sites for hydroxylation is 1. The standard InChI is InChI=1S/C13H14FN3O2/c1-3-7-17-10(8-15-16-17)13(18)12-9(14)5-4-6-11(12)19-2/h4-6,8H,3,7H2,1-2H3. The molecule has 0 N–H and O–H groups in total. The normalized spacial score (nSPS) is 10.5. The molecule has 0 unspecified atom stereocenters. The van der Waals surface area contributed by atoms with Crippen LogP contribution in [0, 0.1) is 5.82 Å². The fraction of sp³-hybridized carbons (Fsp3) is 0.308. The number of carbonyl (C=O) groups excluding carboxylic acids is 1. The van der Waals surface area contributed by atoms with Crippen LogP contribution in [-0.4, -0.2) is 27.9 Å². The van der Waals surface area contributed by atoms with Crippen LogP contribution in [0.1, 0.15) is 29.4 Å². The van der Waals surface area contributed by atoms with Gasteiger partial charge in [0.1, 0.15) is 22.8 Å². The van der Waals surface area contributed by atoms with E-state index in [0.29, 0.717) is 6.54 Å². The van der Waals surface area contributed by atoms with E-state index in [-0.39, 0.29) is 17.0 Å². The van der Waals surface area contributed by atoms with Gasteiger partial charge in [-0.3, -0.25) is 4.79 Å². The van der Waals surface area contributed by atoms with Crippen LogP contribution in [0.25, 0.3) is 0 Å². The predicted molar refractivity (Wildman–Crippen MR) is 66.7 cm³/mol. The molecule has 1 aromatic heterocycles. The van der Waals surface area contributed by atoms with Gasteiger partial charge in [-0.1, -0.05) is 18.2 Å². The number of ether oxygens (including phenoxy) is 1. The first-order valence-corrected chi connectivity index (χ1v) is 5.94. The predicted octanol–water partition coefficient (Wildman–Crippen LogP) is 2.07. The van der Waals surface area contributed by atoms with E-state index in [1.54, 1.807) is 6.07 Å². The molecule has 0 radical (unpaired) electrons. The Balaban J connectivity index is 2.47. The van der Waals surface area contributed by atoms with E-state index in [1.807, 2.05) is 6.92 Å². The first kappa shape index (κ1) is 13.2. The third-order valence-corrected chi connectivity index (χ3v) is 2.71. The molecule has 2 rings (SSSR count). The average molecular weight is 263 g/mol. The van der Waals surface area contributed by atoms with Gasteiger partial charge < -0.3 is 4.74 Å². The molecular formula is C13H14FN3O2. The van der Waals surface area contributed by atoms with Gasteiger partial charge >= 0.3 is 0 Å². The molecule has 0 saturated carbocycles. The molecule has 1 heterocycles. The summed E-state index contributed by atoms with van der Waals surface area (Å²) in [5.41, 5.74) is 0.162. The highest BCUT2D eigenvalue weighted by Gasteiger charge is 2.22. The lowest BCUT2D eigenvalue weighted by Gasteiger charge is -2.09. The number of benzene rings is 1. The van der Waals surface area contributed by atoms with Crippen molar-refractivity contribution in [3.05, 3.63) is 41.5 Å². The van der Waals surface area contributed by atoms with Crippen LogP contribution in [0.15, 0.2) is 24.4 Å². The minimum atomic E-state index is -0.617. The summed E-state index contributed by atoms with van der Waals surface area (Å²) in [4.78, 5) is 12.4. The van der Waals surface area contributed by atoms with E-state index in [4.69, 9.17) is 4.74 Å². The fourth-order valence-corrected chi connectivity index (χ4v) is 1.83. The highest BCUT2D eigenvalue weighted by Crippen LogP contribution is 2.24. The third kappa shape index (κ3) is 2.47. The van der Waals surface area contributed by atoms with Gasteiger partial charge in [-0.25, -0.2) is 9.07 Å². The molecule has 5 nitrogen and oxygen atoms in total. The Hall–Kier alpha value is -2.24. The molecular weight excluding hydrogens is 249 g/mol. The van der Waals surface area contributed by atoms with E-state index < -0.39 is 11.6 Å². The molecule has 100 valence electrons. The van der Waals surface area contributed by atoms with Crippen molar-refractivity contribution in [2.45, 2.75) is 19.9 Å². The fourth-order valence-electron chi connectivity index (χ4n) is 1.83. The van der Waals surface area contributed by atoms with Gasteiger partial charge in [0, 0.05) is 6.54 Å². The third-order valence-electron chi connectivity index (χ3n) is 2.71. The summed E-state index contributed by atoms with van der Waals surface area (Å²) >= 11 is 0. The van der Waals surface area contributed by atoms with Crippen molar-refractivity contribution in [2.24, 2.45) is 0 Å². The maximum Gasteiger partial charge on any atom is 0.219 e. The molecule has 0 saturated heterocycles. The highest BCUT2D eigenvalue weighted by molar-refractivity contribution is 6.09. The Morgan fingerprint density at radius 3 is 2.95 bits per heavy atom. The Bertz CT molecular complexity index is 595. The second-order valence-corrected chi connectivity index (χ2v) is 3.99. The molecule has 0 spiro atoms. The Morgan fingerprint density at radius 1 is 1.47 bits per heavy atom. The van der Waals surface area contributed by atoms with Crippen LogP contribution in [-0.2, 0) is 6.54 Å². The topological polar surface area (TPSA) is 57.0 Å². The van der Waals surface area contributed by atoms with Crippen LogP contribution in [0.2, 0.25) is 0 Å². The second kappa shape index (κ2) is 5.60. The maximum atomic E-state index is 13.8. The summed E-state index contributed by atoms with van der Waals surface area (Å²) in [5.74, 6) is -0.892. The van der Waals surface area contributed by atoms with Gasteiger partial charge in [0.15, 0.2) is 0 Å². The molecule has 0 fully saturated rings. The maximum absolute atomic E-state index is 13.8. The molecule has 0 bridgehead atoms. The van der Waals surface area contributed by atoms with Crippen LogP contribution in [0.4, 0.5) is 4.39 Å². The monoisotopic (exact) mass is 263 g/mol. The lowest BCUT2D eigenvalue weighted by Crippen LogP contribution is -2.13. The summed E-state index contributed by atoms with van der Waals surface area (Å²) in [6.07, 6.45) is 2.14. The number of aromatic nitrogens is 3. The molecule has 19 heavy (non-hydrogen) atoms. The number of ketones is 1. The number of carbonyl (C=O) groups is 1. The van der Waals surface area contributed by atoms with E-state index in [0.717, 1.165) is 6.42 Å². The minimum absolute atomic E-state index is 0.0929. The van der Waals surface area contributed by atoms with Crippen LogP contribution < -0.4 is 4.74 Å². The van der Waals surface area contributed by atoms with Crippen molar-refractivity contribution < 1.29 is 13.9 Å². The van der Waals surface area contributed by atoms with Crippen molar-refractivity contribution in [1.82, 2.24) is 15.0 Å². The molecule has 6 heteroatoms. The zero-order valence-electron chi connectivity index (χ0n) is 10.8. The number of nitrogens with zero attached hydrogens (tertiary/aromatic N) is 3. The second-order valence-electron chi connectivity index (χ2n) is 3.99. The Kier molecular flexibility index (Phi) is 3.89. The van der Waals surface area contributed by atoms with Crippen molar-refractivity contribution in [2.75, 3.05) is 7.11 Å². The summed E-state index contributed by atoms with van der Waals surface area (Å²) in [6, 6.07) is 4.26. The van der Waals surface area contributed by atoms with Gasteiger partial charge in [0.25, 0.3) is 0 Å². The largest absolute Gasteiger partial charge is 0.496 e. The van der Waals surface area contributed by atoms with E-state index >= 15 is 0 Å². The van der Waals surface area contributed by atoms with Crippen LogP contribution >= 0.6 is 0 Å². The summed E-state index contributed by atoms with van der Waals surface area (Å²) in [6.45, 7) is 2.51. The minimum Gasteiger partial charge on any atom is -0.496 e. The quantitative estimate of drug-likeness (QED) is 0.775. The lowest BCUT2D eigenvalue weighted by molar-refractivity contribution is 0.102. The molecule has 0 aliphatic rings. The van der Waals surface area contributed by atoms with Gasteiger partial charge in [-0.15, -0.1) is 5.10 Å². The van der Waals surface area contributed by atoms with Crippen molar-refractivity contribution in [3.63, 3.8) is 0 Å². The van der Waals surface area contributed by atoms with E-state index in [2.05, 4.69) is 10.3 Å². The zero-order chi connectivity index (χ0) is 13.8. The summed E-state index contributed by atoms with van der Waals surface area (Å²) < 4.78 is 20.3. The van der Waals surface area contributed by atoms with Crippen molar-refractivity contribution in [1.29, 1.82) is 0 Å². The molecule has 0 amide bonds. The molecule has 0 aliphatic heterocycles. The molecule has 0 aliphatic carbocycles. The van der Waals surface area contributed by atoms with E-state index in [1.165, 1.54) is 30.1 Å². The average Bonchev–Trinajstić information content (AvgIpc) is 2.86. The lowest BCUT2D eigenvalue weighted by atomic mass is 10.1. The zero-order valence-corrected chi connectivity index (χ0v) is 10.8. The Morgan fingerprint density at radius 2 is 2.26 bits per heavy atom. The van der Waals surface area contributed by atoms with Gasteiger partial charge in [0.2, 0.25) is 5.78 Å². The van der Waals surface area contributed by atoms with Gasteiger partial charge in [-0.05, 0) is 18.6 Å². The summed E-state index contributed by atoms with van der Waals surface area (Å²) in [7, 11) is 1.40. The first-order chi connectivity index (χ1) is 9.19. The van der Waals surface area contributed by atoms with Gasteiger partial charge in [-0.2, -0.15) is 0 Å². The SMILES string of the molecule is CCCn1nncc1C(=O)c1c(F)cccc1OC. The van der Waals surface area contributed by atoms with Crippen LogP contribution in [0.5, 0.6) is 5.75 Å². The molecule has 0 atom stereocenters. The van der Waals surface area contributed by atoms with E-state index in [9.17, 15) is 9.18 Å². The number of hydrogen-bond acceptors (Lipinski definition) is 4. The number of rotatable bonds is 5. The number of hydrogen-bond donors (Lipinski definition) is 0. The highest BCUT2D eigenvalue weighted by atomic mass is 19.1. The molecule has 1 aromatic carbocycles. The van der Waals surface area contributed by atoms with Crippen LogP contribution in [0.3, 0.4) is 0 Å². The van der Waals surface area contributed by atoms with Crippen molar-refractivity contribution in [3.8, 4) is 5.75 Å². The Labute approximate surface area is 110 Å². The molecule has 2 aromatic rings. The summed E-state index contributed by atoms with van der Waals surface area (Å²) in [5, 5.41) is 7.52. The van der Waals surface area contributed by atoms with Gasteiger partial charge in [0.05, 0.1) is 13.3 Å². The first-order valence-electron chi connectivity index (χ1n) is 5.94. The smallest absolute Gasteiger partial charge is 0.219 e. The number of methoxy groups -OCH3 is 1.